The van der Waals surface area contributed by atoms with Crippen LogP contribution in [-0.2, 0) is 6.54 Å². The van der Waals surface area contributed by atoms with Crippen LogP contribution >= 0.6 is 11.3 Å². The van der Waals surface area contributed by atoms with E-state index in [9.17, 15) is 0 Å². The second kappa shape index (κ2) is 10.7. The van der Waals surface area contributed by atoms with Crippen molar-refractivity contribution in [1.29, 1.82) is 0 Å². The summed E-state index contributed by atoms with van der Waals surface area (Å²) in [4.78, 5) is 15.5. The van der Waals surface area contributed by atoms with Crippen molar-refractivity contribution in [2.24, 2.45) is 0 Å². The smallest absolute Gasteiger partial charge is 0.165 e. The van der Waals surface area contributed by atoms with E-state index in [1.807, 2.05) is 48.7 Å². The predicted octanol–water partition coefficient (Wildman–Crippen LogP) is 11.7. The minimum absolute atomic E-state index is 0.603. The molecule has 1 aliphatic heterocycles. The number of aromatic nitrogens is 3. The standard InChI is InChI=1S/C42H25N4OS/c1-3-10-25(11-4-1)29-18-19-32(37-34-22-28-24-43-21-20-27(28)23-35(34)47-38(29)37)41-44-40(26-12-5-2-6-13-26)45-42(46-41)33-16-9-15-31-30-14-7-8-17-36(30)48-39(31)33/h1-23H,24H2/q-1. The SMILES string of the molecule is C1=Cc2cc3oc4c(-c5ccccc5)ccc(-c5nc(-c6ccccc6)nc(-c6cccc7c6sc6ccccc67)n5)c4c3cc2C[N-]1. The van der Waals surface area contributed by atoms with Gasteiger partial charge in [0.2, 0.25) is 0 Å². The molecule has 48 heavy (non-hydrogen) atoms. The Morgan fingerprint density at radius 1 is 0.583 bits per heavy atom. The molecule has 6 aromatic carbocycles. The number of nitrogens with zero attached hydrogens (tertiary/aromatic N) is 4. The molecule has 0 fully saturated rings. The van der Waals surface area contributed by atoms with Crippen molar-refractivity contribution in [3.05, 3.63) is 150 Å². The lowest BCUT2D eigenvalue weighted by Crippen LogP contribution is -2.00. The number of fused-ring (bicyclic) bond motifs is 7. The van der Waals surface area contributed by atoms with Gasteiger partial charge in [-0.1, -0.05) is 103 Å². The monoisotopic (exact) mass is 633 g/mol. The van der Waals surface area contributed by atoms with Crippen molar-refractivity contribution in [3.63, 3.8) is 0 Å². The van der Waals surface area contributed by atoms with Gasteiger partial charge in [0.1, 0.15) is 11.2 Å². The first-order valence-electron chi connectivity index (χ1n) is 15.9. The van der Waals surface area contributed by atoms with Crippen molar-refractivity contribution in [3.8, 4) is 45.3 Å². The minimum atomic E-state index is 0.603. The Morgan fingerprint density at radius 3 is 2.15 bits per heavy atom. The van der Waals surface area contributed by atoms with Crippen LogP contribution in [0.25, 0.3) is 98.8 Å². The number of furan rings is 1. The average molecular weight is 634 g/mol. The molecule has 0 bridgehead atoms. The fourth-order valence-electron chi connectivity index (χ4n) is 6.85. The largest absolute Gasteiger partial charge is 0.687 e. The van der Waals surface area contributed by atoms with E-state index < -0.39 is 0 Å². The molecule has 0 radical (unpaired) electrons. The topological polar surface area (TPSA) is 65.9 Å². The molecule has 0 aliphatic carbocycles. The van der Waals surface area contributed by atoms with Crippen LogP contribution in [0.2, 0.25) is 0 Å². The maximum atomic E-state index is 6.75. The van der Waals surface area contributed by atoms with Crippen LogP contribution in [0.3, 0.4) is 0 Å². The highest BCUT2D eigenvalue weighted by molar-refractivity contribution is 7.26. The van der Waals surface area contributed by atoms with E-state index in [1.54, 1.807) is 11.3 Å². The predicted molar refractivity (Wildman–Crippen MR) is 198 cm³/mol. The van der Waals surface area contributed by atoms with Crippen LogP contribution in [0, 0.1) is 0 Å². The van der Waals surface area contributed by atoms with Crippen molar-refractivity contribution in [1.82, 2.24) is 15.0 Å². The lowest BCUT2D eigenvalue weighted by molar-refractivity contribution is 0.669. The van der Waals surface area contributed by atoms with Crippen LogP contribution < -0.4 is 0 Å². The average Bonchev–Trinajstić information content (AvgIpc) is 3.72. The van der Waals surface area contributed by atoms with E-state index >= 15 is 0 Å². The van der Waals surface area contributed by atoms with E-state index in [2.05, 4.69) is 96.3 Å². The van der Waals surface area contributed by atoms with Gasteiger partial charge in [-0.3, -0.25) is 0 Å². The first-order valence-corrected chi connectivity index (χ1v) is 16.7. The van der Waals surface area contributed by atoms with Crippen molar-refractivity contribution in [2.45, 2.75) is 6.54 Å². The van der Waals surface area contributed by atoms with Gasteiger partial charge in [0.15, 0.2) is 17.5 Å². The third-order valence-electron chi connectivity index (χ3n) is 9.14. The van der Waals surface area contributed by atoms with Gasteiger partial charge in [-0.15, -0.1) is 17.9 Å². The van der Waals surface area contributed by atoms with Gasteiger partial charge in [-0.05, 0) is 47.5 Å². The van der Waals surface area contributed by atoms with Crippen LogP contribution in [0.1, 0.15) is 11.1 Å². The molecule has 0 atom stereocenters. The number of hydrogen-bond acceptors (Lipinski definition) is 5. The maximum Gasteiger partial charge on any atom is 0.165 e. The molecule has 1 aliphatic rings. The van der Waals surface area contributed by atoms with Crippen LogP contribution in [0.15, 0.2) is 138 Å². The number of thiophene rings is 1. The van der Waals surface area contributed by atoms with Crippen molar-refractivity contribution >= 4 is 59.5 Å². The number of hydrogen-bond donors (Lipinski definition) is 0. The molecule has 0 saturated heterocycles. The molecule has 0 N–H and O–H groups in total. The zero-order chi connectivity index (χ0) is 31.6. The van der Waals surface area contributed by atoms with Gasteiger partial charge in [0, 0.05) is 53.2 Å². The Morgan fingerprint density at radius 2 is 1.29 bits per heavy atom. The Kier molecular flexibility index (Phi) is 6.04. The Hall–Kier alpha value is -6.11. The summed E-state index contributed by atoms with van der Waals surface area (Å²) in [7, 11) is 0. The summed E-state index contributed by atoms with van der Waals surface area (Å²) in [5.41, 5.74) is 8.87. The van der Waals surface area contributed by atoms with Crippen molar-refractivity contribution in [2.75, 3.05) is 0 Å². The maximum absolute atomic E-state index is 6.75. The minimum Gasteiger partial charge on any atom is -0.687 e. The van der Waals surface area contributed by atoms with Crippen LogP contribution in [0.5, 0.6) is 0 Å². The first kappa shape index (κ1) is 27.0. The zero-order valence-electron chi connectivity index (χ0n) is 25.6. The lowest BCUT2D eigenvalue weighted by Gasteiger charge is -2.22. The molecule has 0 unspecified atom stereocenters. The summed E-state index contributed by atoms with van der Waals surface area (Å²) in [6, 6.07) is 44.1. The normalized spacial score (nSPS) is 12.6. The summed E-state index contributed by atoms with van der Waals surface area (Å²) in [5.74, 6) is 1.88. The van der Waals surface area contributed by atoms with Crippen LogP contribution in [-0.4, -0.2) is 15.0 Å². The quantitative estimate of drug-likeness (QED) is 0.193. The summed E-state index contributed by atoms with van der Waals surface area (Å²) >= 11 is 1.78. The van der Waals surface area contributed by atoms with Gasteiger partial charge < -0.3 is 9.73 Å². The van der Waals surface area contributed by atoms with Gasteiger partial charge in [-0.25, -0.2) is 15.0 Å². The number of benzene rings is 6. The summed E-state index contributed by atoms with van der Waals surface area (Å²) in [6.45, 7) is 0.634. The van der Waals surface area contributed by atoms with E-state index in [1.165, 1.54) is 21.0 Å². The van der Waals surface area contributed by atoms with E-state index in [0.717, 1.165) is 60.0 Å². The molecule has 5 nitrogen and oxygen atoms in total. The second-order valence-corrected chi connectivity index (χ2v) is 13.0. The lowest BCUT2D eigenvalue weighted by atomic mass is 9.96. The highest BCUT2D eigenvalue weighted by atomic mass is 32.1. The molecule has 10 rings (SSSR count). The van der Waals surface area contributed by atoms with Gasteiger partial charge in [0.25, 0.3) is 0 Å². The highest BCUT2D eigenvalue weighted by Crippen LogP contribution is 2.44. The highest BCUT2D eigenvalue weighted by Gasteiger charge is 2.22. The molecule has 0 amide bonds. The van der Waals surface area contributed by atoms with E-state index in [0.29, 0.717) is 24.0 Å². The van der Waals surface area contributed by atoms with Gasteiger partial charge in [-0.2, -0.15) is 6.20 Å². The number of rotatable bonds is 4. The Balaban J connectivity index is 1.28. The molecular formula is C42H25N4OS-. The molecule has 226 valence electrons. The van der Waals surface area contributed by atoms with Crippen LogP contribution in [0.4, 0.5) is 0 Å². The molecule has 0 spiro atoms. The van der Waals surface area contributed by atoms with Crippen molar-refractivity contribution < 1.29 is 4.42 Å². The first-order chi connectivity index (χ1) is 23.8. The Bertz CT molecular complexity index is 2730. The zero-order valence-corrected chi connectivity index (χ0v) is 26.4. The van der Waals surface area contributed by atoms with E-state index in [4.69, 9.17) is 19.4 Å². The fraction of sp³-hybridized carbons (Fsp3) is 0.0238. The van der Waals surface area contributed by atoms with Gasteiger partial charge >= 0.3 is 0 Å². The summed E-state index contributed by atoms with van der Waals surface area (Å²) in [6.07, 6.45) is 3.91. The molecule has 0 saturated carbocycles. The Labute approximate surface area is 279 Å². The molecule has 9 aromatic rings. The second-order valence-electron chi connectivity index (χ2n) is 12.0. The molecule has 4 heterocycles. The summed E-state index contributed by atoms with van der Waals surface area (Å²) in [5, 5.41) is 8.98. The van der Waals surface area contributed by atoms with Gasteiger partial charge in [0.05, 0.1) is 0 Å². The van der Waals surface area contributed by atoms with E-state index in [-0.39, 0.29) is 0 Å². The fourth-order valence-corrected chi connectivity index (χ4v) is 8.06. The molecular weight excluding hydrogens is 609 g/mol. The molecule has 6 heteroatoms. The third kappa shape index (κ3) is 4.27. The summed E-state index contributed by atoms with van der Waals surface area (Å²) < 4.78 is 9.16. The molecule has 3 aromatic heterocycles. The third-order valence-corrected chi connectivity index (χ3v) is 10.4.